The maximum absolute atomic E-state index is 12.3. The Balaban J connectivity index is 2.50. The van der Waals surface area contributed by atoms with Crippen LogP contribution >= 0.6 is 11.3 Å². The minimum absolute atomic E-state index is 0.0946. The molecule has 0 aliphatic carbocycles. The van der Waals surface area contributed by atoms with E-state index in [1.807, 2.05) is 18.5 Å². The number of hydrogen-bond acceptors (Lipinski definition) is 5. The molecule has 28 heavy (non-hydrogen) atoms. The second kappa shape index (κ2) is 10.1. The number of likely N-dealkylation sites (N-methyl/N-ethyl adjacent to an activating group) is 1. The Morgan fingerprint density at radius 2 is 2.18 bits per heavy atom. The highest BCUT2D eigenvalue weighted by atomic mass is 32.1. The van der Waals surface area contributed by atoms with Crippen LogP contribution in [0.5, 0.6) is 0 Å². The fourth-order valence-corrected chi connectivity index (χ4v) is 3.88. The quantitative estimate of drug-likeness (QED) is 0.470. The van der Waals surface area contributed by atoms with Gasteiger partial charge >= 0.3 is 0 Å². The van der Waals surface area contributed by atoms with Crippen molar-refractivity contribution in [1.82, 2.24) is 15.3 Å². The molecule has 2 aromatic heterocycles. The minimum Gasteiger partial charge on any atom is -0.328 e. The number of Topliss-reactive ketones (excluding diaryl/α,β-unsaturated/α-hetero) is 1. The second-order valence-electron chi connectivity index (χ2n) is 6.57. The van der Waals surface area contributed by atoms with Crippen LogP contribution in [-0.4, -0.2) is 22.8 Å². The third kappa shape index (κ3) is 5.03. The largest absolute Gasteiger partial charge is 0.328 e. The summed E-state index contributed by atoms with van der Waals surface area (Å²) in [6.07, 6.45) is 9.23. The number of rotatable bonds is 9. The summed E-state index contributed by atoms with van der Waals surface area (Å²) >= 11 is 1.40. The van der Waals surface area contributed by atoms with Gasteiger partial charge in [-0.15, -0.1) is 11.3 Å². The van der Waals surface area contributed by atoms with Gasteiger partial charge in [-0.05, 0) is 39.0 Å². The summed E-state index contributed by atoms with van der Waals surface area (Å²) < 4.78 is 0. The van der Waals surface area contributed by atoms with Gasteiger partial charge in [0.05, 0.1) is 17.3 Å². The van der Waals surface area contributed by atoms with E-state index in [0.29, 0.717) is 16.1 Å². The van der Waals surface area contributed by atoms with E-state index in [2.05, 4.69) is 36.8 Å². The van der Waals surface area contributed by atoms with Gasteiger partial charge in [-0.1, -0.05) is 43.7 Å². The Bertz CT molecular complexity index is 966. The van der Waals surface area contributed by atoms with Gasteiger partial charge in [0.2, 0.25) is 0 Å². The summed E-state index contributed by atoms with van der Waals surface area (Å²) in [4.78, 5) is 31.3. The van der Waals surface area contributed by atoms with Crippen LogP contribution in [0.15, 0.2) is 58.4 Å². The number of pyridine rings is 1. The highest BCUT2D eigenvalue weighted by Crippen LogP contribution is 2.31. The predicted octanol–water partition coefficient (Wildman–Crippen LogP) is 4.82. The third-order valence-corrected chi connectivity index (χ3v) is 5.38. The summed E-state index contributed by atoms with van der Waals surface area (Å²) in [6, 6.07) is 1.51. The van der Waals surface area contributed by atoms with Crippen LogP contribution in [-0.2, 0) is 0 Å². The zero-order valence-electron chi connectivity index (χ0n) is 16.8. The van der Waals surface area contributed by atoms with Crippen LogP contribution in [0.1, 0.15) is 55.7 Å². The van der Waals surface area contributed by atoms with Crippen LogP contribution in [0.25, 0.3) is 10.6 Å². The molecule has 2 heterocycles. The molecule has 0 aliphatic heterocycles. The Kier molecular flexibility index (Phi) is 7.84. The number of nitrogens with one attached hydrogen (secondary N) is 2. The molecule has 2 rings (SSSR count). The van der Waals surface area contributed by atoms with Crippen LogP contribution in [0.4, 0.5) is 0 Å². The number of hydrogen-bond donors (Lipinski definition) is 2. The molecule has 5 nitrogen and oxygen atoms in total. The number of ketones is 1. The van der Waals surface area contributed by atoms with Gasteiger partial charge in [0, 0.05) is 17.1 Å². The van der Waals surface area contributed by atoms with Crippen molar-refractivity contribution in [3.63, 3.8) is 0 Å². The highest BCUT2D eigenvalue weighted by molar-refractivity contribution is 7.13. The first-order chi connectivity index (χ1) is 13.4. The molecule has 148 valence electrons. The van der Waals surface area contributed by atoms with E-state index < -0.39 is 0 Å². The zero-order chi connectivity index (χ0) is 20.7. The lowest BCUT2D eigenvalue weighted by molar-refractivity contribution is 0.101. The Morgan fingerprint density at radius 3 is 2.79 bits per heavy atom. The molecular formula is C22H27N3O2S. The van der Waals surface area contributed by atoms with E-state index in [0.717, 1.165) is 24.1 Å². The van der Waals surface area contributed by atoms with Gasteiger partial charge in [-0.25, -0.2) is 4.98 Å². The van der Waals surface area contributed by atoms with E-state index in [1.54, 1.807) is 12.1 Å². The van der Waals surface area contributed by atoms with Crippen molar-refractivity contribution in [2.75, 3.05) is 7.05 Å². The van der Waals surface area contributed by atoms with Gasteiger partial charge in [-0.3, -0.25) is 9.59 Å². The molecule has 2 N–H and O–H groups in total. The standard InChI is InChI=1S/C22H27N3O2S/c1-6-8-10-17(14(3)9-7-2)20(23-5)19-13-28-22(25-19)18-11-16(15(4)26)12-24-21(18)27/h6,8,10-13,20,23H,1,7,9H2,2-5H3,(H,24,27)/b10-8-,17-14-. The zero-order valence-corrected chi connectivity index (χ0v) is 17.7. The number of nitrogens with zero attached hydrogens (tertiary/aromatic N) is 1. The van der Waals surface area contributed by atoms with Crippen LogP contribution in [0.3, 0.4) is 0 Å². The summed E-state index contributed by atoms with van der Waals surface area (Å²) in [5.41, 5.74) is 3.89. The van der Waals surface area contributed by atoms with Crippen molar-refractivity contribution in [2.24, 2.45) is 0 Å². The SMILES string of the molecule is C=C/C=C\C(=C(/C)CCC)C(NC)c1csc(-c2cc(C(C)=O)c[nH]c2=O)n1. The van der Waals surface area contributed by atoms with Gasteiger partial charge < -0.3 is 10.3 Å². The summed E-state index contributed by atoms with van der Waals surface area (Å²) in [5.74, 6) is -0.0997. The fourth-order valence-electron chi connectivity index (χ4n) is 3.03. The number of aromatic nitrogens is 2. The molecule has 0 spiro atoms. The number of thiazole rings is 1. The molecule has 0 saturated carbocycles. The Morgan fingerprint density at radius 1 is 1.43 bits per heavy atom. The first kappa shape index (κ1) is 21.7. The van der Waals surface area contributed by atoms with Gasteiger partial charge in [0.1, 0.15) is 5.01 Å². The first-order valence-corrected chi connectivity index (χ1v) is 10.2. The summed E-state index contributed by atoms with van der Waals surface area (Å²) in [6.45, 7) is 9.52. The second-order valence-corrected chi connectivity index (χ2v) is 7.43. The molecule has 6 heteroatoms. The van der Waals surface area contributed by atoms with Crippen molar-refractivity contribution in [3.8, 4) is 10.6 Å². The monoisotopic (exact) mass is 397 g/mol. The van der Waals surface area contributed by atoms with Crippen molar-refractivity contribution < 1.29 is 4.79 Å². The molecule has 1 unspecified atom stereocenters. The number of carbonyl (C=O) groups excluding carboxylic acids is 1. The molecule has 0 saturated heterocycles. The molecule has 0 aromatic carbocycles. The lowest BCUT2D eigenvalue weighted by Crippen LogP contribution is -2.19. The highest BCUT2D eigenvalue weighted by Gasteiger charge is 2.20. The third-order valence-electron chi connectivity index (χ3n) is 4.49. The van der Waals surface area contributed by atoms with Gasteiger partial charge in [-0.2, -0.15) is 0 Å². The maximum atomic E-state index is 12.3. The lowest BCUT2D eigenvalue weighted by Gasteiger charge is -2.19. The number of H-pyrrole nitrogens is 1. The van der Waals surface area contributed by atoms with E-state index in [4.69, 9.17) is 4.98 Å². The van der Waals surface area contributed by atoms with Crippen LogP contribution in [0, 0.1) is 0 Å². The number of carbonyl (C=O) groups is 1. The molecule has 0 bridgehead atoms. The predicted molar refractivity (Wildman–Crippen MR) is 117 cm³/mol. The van der Waals surface area contributed by atoms with Crippen molar-refractivity contribution in [1.29, 1.82) is 0 Å². The molecule has 0 fully saturated rings. The average molecular weight is 398 g/mol. The van der Waals surface area contributed by atoms with Gasteiger partial charge in [0.15, 0.2) is 5.78 Å². The minimum atomic E-state index is -0.253. The number of allylic oxidation sites excluding steroid dienone is 3. The number of aromatic amines is 1. The van der Waals surface area contributed by atoms with Crippen LogP contribution < -0.4 is 10.9 Å². The van der Waals surface area contributed by atoms with E-state index >= 15 is 0 Å². The molecule has 0 aliphatic rings. The van der Waals surface area contributed by atoms with Gasteiger partial charge in [0.25, 0.3) is 5.56 Å². The van der Waals surface area contributed by atoms with E-state index in [1.165, 1.54) is 30.0 Å². The smallest absolute Gasteiger partial charge is 0.258 e. The molecule has 1 atom stereocenters. The fraction of sp³-hybridized carbons (Fsp3) is 0.318. The molecular weight excluding hydrogens is 370 g/mol. The topological polar surface area (TPSA) is 74.8 Å². The van der Waals surface area contributed by atoms with Crippen molar-refractivity contribution >= 4 is 17.1 Å². The van der Waals surface area contributed by atoms with E-state index in [-0.39, 0.29) is 17.4 Å². The Hall–Kier alpha value is -2.57. The summed E-state index contributed by atoms with van der Waals surface area (Å²) in [5, 5.41) is 5.89. The maximum Gasteiger partial charge on any atom is 0.258 e. The first-order valence-electron chi connectivity index (χ1n) is 9.28. The van der Waals surface area contributed by atoms with Crippen LogP contribution in [0.2, 0.25) is 0 Å². The normalized spacial score (nSPS) is 13.4. The molecule has 0 amide bonds. The summed E-state index contributed by atoms with van der Waals surface area (Å²) in [7, 11) is 1.90. The molecule has 2 aromatic rings. The van der Waals surface area contributed by atoms with Crippen molar-refractivity contribution in [3.05, 3.63) is 75.2 Å². The lowest BCUT2D eigenvalue weighted by atomic mass is 9.96. The van der Waals surface area contributed by atoms with E-state index in [9.17, 15) is 9.59 Å². The molecule has 0 radical (unpaired) electrons. The Labute approximate surface area is 169 Å². The van der Waals surface area contributed by atoms with Crippen molar-refractivity contribution in [2.45, 2.75) is 39.7 Å². The average Bonchev–Trinajstić information content (AvgIpc) is 3.14.